The minimum absolute atomic E-state index is 0.140. The normalized spacial score (nSPS) is 13.4. The predicted molar refractivity (Wildman–Crippen MR) is 117 cm³/mol. The van der Waals surface area contributed by atoms with Crippen LogP contribution in [0.25, 0.3) is 0 Å². The van der Waals surface area contributed by atoms with Crippen molar-refractivity contribution in [3.8, 4) is 0 Å². The van der Waals surface area contributed by atoms with Crippen molar-refractivity contribution in [2.24, 2.45) is 0 Å². The molecular weight excluding hydrogens is 418 g/mol. The largest absolute Gasteiger partial charge is 0.322 e. The van der Waals surface area contributed by atoms with E-state index in [9.17, 15) is 23.3 Å². The second kappa shape index (κ2) is 8.19. The molecule has 8 nitrogen and oxygen atoms in total. The summed E-state index contributed by atoms with van der Waals surface area (Å²) < 4.78 is 27.7. The van der Waals surface area contributed by atoms with Gasteiger partial charge in [0.15, 0.2) is 0 Å². The summed E-state index contributed by atoms with van der Waals surface area (Å²) in [7, 11) is -3.74. The summed E-state index contributed by atoms with van der Waals surface area (Å²) in [4.78, 5) is 23.2. The molecule has 31 heavy (non-hydrogen) atoms. The average molecular weight is 437 g/mol. The van der Waals surface area contributed by atoms with Crippen LogP contribution in [0.1, 0.15) is 22.3 Å². The maximum Gasteiger partial charge on any atom is 0.270 e. The fraction of sp³-hybridized carbons (Fsp3) is 0.136. The van der Waals surface area contributed by atoms with Crippen LogP contribution in [0.3, 0.4) is 0 Å². The molecule has 0 saturated heterocycles. The fourth-order valence-electron chi connectivity index (χ4n) is 3.55. The molecule has 1 N–H and O–H groups in total. The number of nitro benzene ring substituents is 1. The third-order valence-electron chi connectivity index (χ3n) is 5.07. The first-order valence-electron chi connectivity index (χ1n) is 9.63. The van der Waals surface area contributed by atoms with Gasteiger partial charge in [-0.3, -0.25) is 19.2 Å². The number of aryl methyl sites for hydroxylation is 1. The molecule has 1 amide bonds. The predicted octanol–water partition coefficient (Wildman–Crippen LogP) is 3.99. The number of non-ortho nitro benzene ring substituents is 1. The molecule has 0 fully saturated rings. The van der Waals surface area contributed by atoms with Gasteiger partial charge in [0.2, 0.25) is 0 Å². The number of hydrogen-bond donors (Lipinski definition) is 1. The molecule has 0 saturated carbocycles. The van der Waals surface area contributed by atoms with Crippen LogP contribution in [0.4, 0.5) is 17.1 Å². The molecule has 0 bridgehead atoms. The Labute approximate surface area is 179 Å². The SMILES string of the molecule is O=C(Nc1ccc2c(c1)N(S(=O)(=O)c1ccccc1)CCC2)c1cccc([N+](=O)[O-])c1. The van der Waals surface area contributed by atoms with E-state index in [-0.39, 0.29) is 16.1 Å². The Bertz CT molecular complexity index is 1260. The van der Waals surface area contributed by atoms with Crippen molar-refractivity contribution in [2.45, 2.75) is 17.7 Å². The number of anilines is 2. The van der Waals surface area contributed by atoms with E-state index < -0.39 is 20.9 Å². The van der Waals surface area contributed by atoms with Crippen LogP contribution < -0.4 is 9.62 Å². The summed E-state index contributed by atoms with van der Waals surface area (Å²) in [6, 6.07) is 18.8. The van der Waals surface area contributed by atoms with Crippen LogP contribution in [-0.4, -0.2) is 25.8 Å². The van der Waals surface area contributed by atoms with Crippen LogP contribution >= 0.6 is 0 Å². The van der Waals surface area contributed by atoms with Gasteiger partial charge in [0.1, 0.15) is 0 Å². The summed E-state index contributed by atoms with van der Waals surface area (Å²) in [5.41, 5.74) is 1.76. The number of hydrogen-bond acceptors (Lipinski definition) is 5. The third kappa shape index (κ3) is 4.13. The lowest BCUT2D eigenvalue weighted by molar-refractivity contribution is -0.384. The van der Waals surface area contributed by atoms with Gasteiger partial charge in [-0.05, 0) is 48.7 Å². The van der Waals surface area contributed by atoms with E-state index in [1.165, 1.54) is 28.6 Å². The van der Waals surface area contributed by atoms with E-state index in [1.807, 2.05) is 0 Å². The summed E-state index contributed by atoms with van der Waals surface area (Å²) in [5, 5.41) is 13.7. The zero-order valence-corrected chi connectivity index (χ0v) is 17.2. The Morgan fingerprint density at radius 1 is 1.00 bits per heavy atom. The number of sulfonamides is 1. The number of carbonyl (C=O) groups is 1. The number of fused-ring (bicyclic) bond motifs is 1. The van der Waals surface area contributed by atoms with Crippen molar-refractivity contribution in [2.75, 3.05) is 16.2 Å². The zero-order chi connectivity index (χ0) is 22.0. The van der Waals surface area contributed by atoms with Crippen LogP contribution in [0.5, 0.6) is 0 Å². The van der Waals surface area contributed by atoms with Crippen molar-refractivity contribution in [1.82, 2.24) is 0 Å². The second-order valence-corrected chi connectivity index (χ2v) is 8.96. The Kier molecular flexibility index (Phi) is 5.43. The Balaban J connectivity index is 1.65. The van der Waals surface area contributed by atoms with Gasteiger partial charge in [0.05, 0.1) is 15.5 Å². The first kappa shape index (κ1) is 20.5. The van der Waals surface area contributed by atoms with Gasteiger partial charge in [-0.2, -0.15) is 0 Å². The molecule has 1 aliphatic heterocycles. The van der Waals surface area contributed by atoms with Crippen molar-refractivity contribution in [3.05, 3.63) is 94.0 Å². The standard InChI is InChI=1S/C22H19N3O5S/c26-22(17-6-4-8-19(14-17)25(27)28)23-18-12-11-16-7-5-13-24(21(16)15-18)31(29,30)20-9-2-1-3-10-20/h1-4,6,8-12,14-15H,5,7,13H2,(H,23,26). The zero-order valence-electron chi connectivity index (χ0n) is 16.4. The smallest absolute Gasteiger partial charge is 0.270 e. The minimum Gasteiger partial charge on any atom is -0.322 e. The molecule has 1 heterocycles. The molecule has 9 heteroatoms. The van der Waals surface area contributed by atoms with Gasteiger partial charge in [-0.25, -0.2) is 8.42 Å². The van der Waals surface area contributed by atoms with Crippen molar-refractivity contribution in [3.63, 3.8) is 0 Å². The highest BCUT2D eigenvalue weighted by Gasteiger charge is 2.29. The fourth-order valence-corrected chi connectivity index (χ4v) is 5.11. The molecule has 0 aliphatic carbocycles. The van der Waals surface area contributed by atoms with Crippen LogP contribution in [0, 0.1) is 10.1 Å². The highest BCUT2D eigenvalue weighted by molar-refractivity contribution is 7.92. The van der Waals surface area contributed by atoms with E-state index in [2.05, 4.69) is 5.32 Å². The number of benzene rings is 3. The molecular formula is C22H19N3O5S. The highest BCUT2D eigenvalue weighted by Crippen LogP contribution is 2.34. The maximum atomic E-state index is 13.2. The maximum absolute atomic E-state index is 13.2. The highest BCUT2D eigenvalue weighted by atomic mass is 32.2. The van der Waals surface area contributed by atoms with E-state index in [0.29, 0.717) is 24.3 Å². The van der Waals surface area contributed by atoms with E-state index in [4.69, 9.17) is 0 Å². The van der Waals surface area contributed by atoms with Crippen molar-refractivity contribution >= 4 is 33.0 Å². The third-order valence-corrected chi connectivity index (χ3v) is 6.90. The van der Waals surface area contributed by atoms with E-state index in [0.717, 1.165) is 12.0 Å². The molecule has 0 unspecified atom stereocenters. The Hall–Kier alpha value is -3.72. The number of nitrogens with zero attached hydrogens (tertiary/aromatic N) is 2. The molecule has 0 spiro atoms. The lowest BCUT2D eigenvalue weighted by Gasteiger charge is -2.31. The minimum atomic E-state index is -3.74. The second-order valence-electron chi connectivity index (χ2n) is 7.10. The topological polar surface area (TPSA) is 110 Å². The van der Waals surface area contributed by atoms with Gasteiger partial charge in [0, 0.05) is 29.9 Å². The summed E-state index contributed by atoms with van der Waals surface area (Å²) in [5.74, 6) is -0.517. The number of nitrogens with one attached hydrogen (secondary N) is 1. The van der Waals surface area contributed by atoms with E-state index in [1.54, 1.807) is 48.5 Å². The molecule has 0 atom stereocenters. The first-order chi connectivity index (χ1) is 14.9. The van der Waals surface area contributed by atoms with Crippen molar-refractivity contribution < 1.29 is 18.1 Å². The lowest BCUT2D eigenvalue weighted by Crippen LogP contribution is -2.35. The monoisotopic (exact) mass is 437 g/mol. The molecule has 158 valence electrons. The molecule has 4 rings (SSSR count). The van der Waals surface area contributed by atoms with Gasteiger partial charge in [0.25, 0.3) is 21.6 Å². The quantitative estimate of drug-likeness (QED) is 0.479. The van der Waals surface area contributed by atoms with Crippen LogP contribution in [-0.2, 0) is 16.4 Å². The van der Waals surface area contributed by atoms with Gasteiger partial charge in [-0.1, -0.05) is 30.3 Å². The molecule has 0 aromatic heterocycles. The number of nitro groups is 1. The number of carbonyl (C=O) groups excluding carboxylic acids is 1. The Morgan fingerprint density at radius 3 is 2.52 bits per heavy atom. The van der Waals surface area contributed by atoms with Gasteiger partial charge in [-0.15, -0.1) is 0 Å². The number of rotatable bonds is 5. The summed E-state index contributed by atoms with van der Waals surface area (Å²) in [6.45, 7) is 0.340. The average Bonchev–Trinajstić information content (AvgIpc) is 2.79. The first-order valence-corrected chi connectivity index (χ1v) is 11.1. The molecule has 0 radical (unpaired) electrons. The van der Waals surface area contributed by atoms with E-state index >= 15 is 0 Å². The summed E-state index contributed by atoms with van der Waals surface area (Å²) >= 11 is 0. The van der Waals surface area contributed by atoms with Crippen LogP contribution in [0.2, 0.25) is 0 Å². The number of amides is 1. The van der Waals surface area contributed by atoms with Crippen molar-refractivity contribution in [1.29, 1.82) is 0 Å². The molecule has 3 aromatic carbocycles. The summed E-state index contributed by atoms with van der Waals surface area (Å²) in [6.07, 6.45) is 1.42. The van der Waals surface area contributed by atoms with Crippen LogP contribution in [0.15, 0.2) is 77.7 Å². The van der Waals surface area contributed by atoms with Gasteiger partial charge < -0.3 is 5.32 Å². The lowest BCUT2D eigenvalue weighted by atomic mass is 10.0. The molecule has 1 aliphatic rings. The molecule has 3 aromatic rings. The Morgan fingerprint density at radius 2 is 1.77 bits per heavy atom. The van der Waals surface area contributed by atoms with Gasteiger partial charge >= 0.3 is 0 Å².